The molecule has 0 aromatic heterocycles. The highest BCUT2D eigenvalue weighted by atomic mass is 16.6. The van der Waals surface area contributed by atoms with E-state index in [0.717, 1.165) is 18.4 Å². The van der Waals surface area contributed by atoms with Gasteiger partial charge in [-0.2, -0.15) is 0 Å². The van der Waals surface area contributed by atoms with E-state index in [4.69, 9.17) is 4.74 Å². The van der Waals surface area contributed by atoms with Gasteiger partial charge < -0.3 is 4.74 Å². The van der Waals surface area contributed by atoms with Gasteiger partial charge in [-0.15, -0.1) is 0 Å². The smallest absolute Gasteiger partial charge is 0.309 e. The van der Waals surface area contributed by atoms with Crippen LogP contribution in [0.4, 0.5) is 0 Å². The van der Waals surface area contributed by atoms with Crippen LogP contribution >= 0.6 is 0 Å². The van der Waals surface area contributed by atoms with Gasteiger partial charge in [0.2, 0.25) is 6.54 Å². The van der Waals surface area contributed by atoms with Crippen LogP contribution in [0.3, 0.4) is 0 Å². The lowest BCUT2D eigenvalue weighted by atomic mass is 9.87. The van der Waals surface area contributed by atoms with Crippen LogP contribution in [0.25, 0.3) is 0 Å². The zero-order valence-electron chi connectivity index (χ0n) is 12.0. The summed E-state index contributed by atoms with van der Waals surface area (Å²) < 4.78 is 5.17. The van der Waals surface area contributed by atoms with E-state index in [2.05, 4.69) is 0 Å². The van der Waals surface area contributed by atoms with Crippen molar-refractivity contribution in [2.75, 3.05) is 13.2 Å². The predicted octanol–water partition coefficient (Wildman–Crippen LogP) is 3.03. The Hall–Kier alpha value is -1.91. The van der Waals surface area contributed by atoms with Crippen molar-refractivity contribution in [2.24, 2.45) is 5.92 Å². The largest absolute Gasteiger partial charge is 0.465 e. The molecular formula is C15H21NO4. The molecule has 2 atom stereocenters. The molecule has 0 aliphatic carbocycles. The number of benzene rings is 1. The summed E-state index contributed by atoms with van der Waals surface area (Å²) in [7, 11) is 0. The van der Waals surface area contributed by atoms with E-state index < -0.39 is 11.8 Å². The van der Waals surface area contributed by atoms with Crippen molar-refractivity contribution in [2.45, 2.75) is 32.6 Å². The van der Waals surface area contributed by atoms with Gasteiger partial charge in [0.1, 0.15) is 0 Å². The number of hydrogen-bond donors (Lipinski definition) is 0. The van der Waals surface area contributed by atoms with Crippen LogP contribution < -0.4 is 0 Å². The van der Waals surface area contributed by atoms with Crippen molar-refractivity contribution >= 4 is 5.97 Å². The Labute approximate surface area is 119 Å². The van der Waals surface area contributed by atoms with Crippen LogP contribution in [0.15, 0.2) is 30.3 Å². The maximum atomic E-state index is 12.0. The number of nitro groups is 1. The quantitative estimate of drug-likeness (QED) is 0.317. The molecule has 110 valence electrons. The molecule has 1 aromatic rings. The molecule has 0 saturated heterocycles. The Balaban J connectivity index is 2.77. The van der Waals surface area contributed by atoms with Crippen LogP contribution in [0, 0.1) is 16.0 Å². The van der Waals surface area contributed by atoms with E-state index in [9.17, 15) is 14.9 Å². The van der Waals surface area contributed by atoms with Gasteiger partial charge in [-0.1, -0.05) is 50.6 Å². The molecule has 5 nitrogen and oxygen atoms in total. The zero-order chi connectivity index (χ0) is 15.0. The maximum Gasteiger partial charge on any atom is 0.309 e. The zero-order valence-corrected chi connectivity index (χ0v) is 12.0. The summed E-state index contributed by atoms with van der Waals surface area (Å²) in [5, 5.41) is 10.8. The summed E-state index contributed by atoms with van der Waals surface area (Å²) in [5.74, 6) is -1.35. The van der Waals surface area contributed by atoms with Crippen LogP contribution in [-0.2, 0) is 9.53 Å². The van der Waals surface area contributed by atoms with E-state index in [0.29, 0.717) is 6.61 Å². The van der Waals surface area contributed by atoms with E-state index in [1.807, 2.05) is 37.3 Å². The van der Waals surface area contributed by atoms with Crippen molar-refractivity contribution in [1.82, 2.24) is 0 Å². The van der Waals surface area contributed by atoms with Crippen molar-refractivity contribution in [3.63, 3.8) is 0 Å². The predicted molar refractivity (Wildman–Crippen MR) is 76.1 cm³/mol. The molecule has 0 spiro atoms. The molecule has 2 unspecified atom stereocenters. The lowest BCUT2D eigenvalue weighted by Crippen LogP contribution is -2.27. The fraction of sp³-hybridized carbons (Fsp3) is 0.533. The molecule has 0 bridgehead atoms. The number of ether oxygens (including phenoxy) is 1. The van der Waals surface area contributed by atoms with Gasteiger partial charge in [-0.05, 0) is 12.0 Å². The number of hydrogen-bond acceptors (Lipinski definition) is 4. The van der Waals surface area contributed by atoms with Crippen LogP contribution in [-0.4, -0.2) is 24.0 Å². The fourth-order valence-corrected chi connectivity index (χ4v) is 2.03. The first kappa shape index (κ1) is 16.1. The van der Waals surface area contributed by atoms with Gasteiger partial charge in [-0.3, -0.25) is 14.9 Å². The van der Waals surface area contributed by atoms with Crippen LogP contribution in [0.2, 0.25) is 0 Å². The average molecular weight is 279 g/mol. The maximum absolute atomic E-state index is 12.0. The molecule has 0 saturated carbocycles. The number of rotatable bonds is 8. The van der Waals surface area contributed by atoms with Gasteiger partial charge in [0.15, 0.2) is 0 Å². The summed E-state index contributed by atoms with van der Waals surface area (Å²) in [5.41, 5.74) is 0.796. The lowest BCUT2D eigenvalue weighted by molar-refractivity contribution is -0.484. The second-order valence-corrected chi connectivity index (χ2v) is 4.84. The summed E-state index contributed by atoms with van der Waals surface area (Å²) in [6.07, 6.45) is 1.75. The van der Waals surface area contributed by atoms with Crippen LogP contribution in [0.1, 0.15) is 38.2 Å². The third-order valence-corrected chi connectivity index (χ3v) is 3.29. The number of unbranched alkanes of at least 4 members (excludes halogenated alkanes) is 1. The van der Waals surface area contributed by atoms with Crippen molar-refractivity contribution in [3.05, 3.63) is 46.0 Å². The molecule has 5 heteroatoms. The molecule has 0 N–H and O–H groups in total. The molecule has 20 heavy (non-hydrogen) atoms. The molecule has 0 aliphatic rings. The normalized spacial score (nSPS) is 13.5. The first-order valence-corrected chi connectivity index (χ1v) is 6.89. The molecule has 0 radical (unpaired) electrons. The molecule has 0 aliphatic heterocycles. The second-order valence-electron chi connectivity index (χ2n) is 4.84. The van der Waals surface area contributed by atoms with Gasteiger partial charge in [0.25, 0.3) is 0 Å². The molecule has 0 amide bonds. The molecule has 1 rings (SSSR count). The number of carbonyl (C=O) groups excluding carboxylic acids is 1. The van der Waals surface area contributed by atoms with Crippen molar-refractivity contribution in [1.29, 1.82) is 0 Å². The summed E-state index contributed by atoms with van der Waals surface area (Å²) in [4.78, 5) is 22.4. The third kappa shape index (κ3) is 4.99. The van der Waals surface area contributed by atoms with Gasteiger partial charge in [0, 0.05) is 4.92 Å². The van der Waals surface area contributed by atoms with E-state index in [-0.39, 0.29) is 17.4 Å². The van der Waals surface area contributed by atoms with E-state index >= 15 is 0 Å². The minimum absolute atomic E-state index is 0.270. The number of esters is 1. The Bertz CT molecular complexity index is 433. The Morgan fingerprint density at radius 3 is 2.55 bits per heavy atom. The topological polar surface area (TPSA) is 69.4 Å². The molecule has 0 fully saturated rings. The van der Waals surface area contributed by atoms with E-state index in [1.54, 1.807) is 6.92 Å². The number of carbonyl (C=O) groups is 1. The Kier molecular flexibility index (Phi) is 6.70. The van der Waals surface area contributed by atoms with E-state index in [1.165, 1.54) is 0 Å². The summed E-state index contributed by atoms with van der Waals surface area (Å²) in [6, 6.07) is 9.10. The molecule has 1 aromatic carbocycles. The minimum atomic E-state index is -0.528. The minimum Gasteiger partial charge on any atom is -0.465 e. The fourth-order valence-electron chi connectivity index (χ4n) is 2.03. The summed E-state index contributed by atoms with van der Waals surface area (Å²) in [6.45, 7) is 3.81. The Morgan fingerprint density at radius 1 is 1.35 bits per heavy atom. The van der Waals surface area contributed by atoms with Gasteiger partial charge in [-0.25, -0.2) is 0 Å². The first-order chi connectivity index (χ1) is 9.56. The van der Waals surface area contributed by atoms with Gasteiger partial charge in [0.05, 0.1) is 18.4 Å². The third-order valence-electron chi connectivity index (χ3n) is 3.29. The second kappa shape index (κ2) is 8.30. The van der Waals surface area contributed by atoms with Crippen molar-refractivity contribution < 1.29 is 14.5 Å². The van der Waals surface area contributed by atoms with Crippen molar-refractivity contribution in [3.8, 4) is 0 Å². The average Bonchev–Trinajstić information content (AvgIpc) is 2.45. The number of nitrogens with zero attached hydrogens (tertiary/aromatic N) is 1. The highest BCUT2D eigenvalue weighted by Gasteiger charge is 2.30. The molecule has 0 heterocycles. The Morgan fingerprint density at radius 2 is 2.00 bits per heavy atom. The first-order valence-electron chi connectivity index (χ1n) is 6.89. The lowest BCUT2D eigenvalue weighted by Gasteiger charge is -2.19. The molecular weight excluding hydrogens is 258 g/mol. The SMILES string of the molecule is CCCCOC(=O)C(C)C(C[N+](=O)[O-])c1ccccc1. The highest BCUT2D eigenvalue weighted by Crippen LogP contribution is 2.26. The van der Waals surface area contributed by atoms with Gasteiger partial charge >= 0.3 is 5.97 Å². The monoisotopic (exact) mass is 279 g/mol. The highest BCUT2D eigenvalue weighted by molar-refractivity contribution is 5.73. The summed E-state index contributed by atoms with van der Waals surface area (Å²) >= 11 is 0. The van der Waals surface area contributed by atoms with Crippen LogP contribution in [0.5, 0.6) is 0 Å². The standard InChI is InChI=1S/C15H21NO4/c1-3-4-10-20-15(17)12(2)14(11-16(18)19)13-8-6-5-7-9-13/h5-9,12,14H,3-4,10-11H2,1-2H3.